The average Bonchev–Trinajstić information content (AvgIpc) is 3.02. The van der Waals surface area contributed by atoms with Crippen molar-refractivity contribution in [1.82, 2.24) is 9.80 Å². The summed E-state index contributed by atoms with van der Waals surface area (Å²) >= 11 is 0. The van der Waals surface area contributed by atoms with Gasteiger partial charge in [0.15, 0.2) is 0 Å². The van der Waals surface area contributed by atoms with E-state index in [1.807, 2.05) is 50.2 Å². The highest BCUT2D eigenvalue weighted by Gasteiger charge is 2.46. The lowest BCUT2D eigenvalue weighted by Crippen LogP contribution is -2.32. The molecule has 1 amide bonds. The molecule has 1 aliphatic rings. The van der Waals surface area contributed by atoms with Crippen LogP contribution in [0.4, 0.5) is 0 Å². The summed E-state index contributed by atoms with van der Waals surface area (Å²) < 4.78 is 5.27. The number of carbonyl (C=O) groups excluding carboxylic acids is 2. The summed E-state index contributed by atoms with van der Waals surface area (Å²) in [6, 6.07) is 12.6. The summed E-state index contributed by atoms with van der Waals surface area (Å²) in [6.07, 6.45) is 0.720. The van der Waals surface area contributed by atoms with Gasteiger partial charge in [0.05, 0.1) is 18.7 Å². The smallest absolute Gasteiger partial charge is 0.295 e. The first kappa shape index (κ1) is 25.5. The van der Waals surface area contributed by atoms with Crippen molar-refractivity contribution in [3.8, 4) is 5.75 Å². The van der Waals surface area contributed by atoms with E-state index in [9.17, 15) is 14.7 Å². The Labute approximate surface area is 202 Å². The van der Waals surface area contributed by atoms with Crippen LogP contribution in [-0.4, -0.2) is 60.9 Å². The number of Topliss-reactive ketones (excluding diaryl/α,β-unsaturated/α-hetero) is 1. The molecule has 182 valence electrons. The highest BCUT2D eigenvalue weighted by Crippen LogP contribution is 2.40. The van der Waals surface area contributed by atoms with Crippen molar-refractivity contribution >= 4 is 17.4 Å². The van der Waals surface area contributed by atoms with Gasteiger partial charge in [-0.3, -0.25) is 9.59 Å². The Morgan fingerprint density at radius 2 is 1.74 bits per heavy atom. The monoisotopic (exact) mass is 464 g/mol. The number of nitrogens with zero attached hydrogens (tertiary/aromatic N) is 2. The fourth-order valence-corrected chi connectivity index (χ4v) is 4.35. The third kappa shape index (κ3) is 5.17. The van der Waals surface area contributed by atoms with Crippen LogP contribution in [0, 0.1) is 6.92 Å². The van der Waals surface area contributed by atoms with Crippen molar-refractivity contribution in [2.75, 3.05) is 34.3 Å². The van der Waals surface area contributed by atoms with Crippen LogP contribution in [0.1, 0.15) is 55.5 Å². The first-order valence-electron chi connectivity index (χ1n) is 11.6. The molecule has 0 aromatic heterocycles. The topological polar surface area (TPSA) is 70.1 Å². The van der Waals surface area contributed by atoms with Gasteiger partial charge in [-0.25, -0.2) is 0 Å². The first-order chi connectivity index (χ1) is 16.0. The molecule has 3 rings (SSSR count). The molecule has 1 saturated heterocycles. The van der Waals surface area contributed by atoms with E-state index < -0.39 is 17.7 Å². The van der Waals surface area contributed by atoms with Crippen molar-refractivity contribution in [3.05, 3.63) is 70.3 Å². The number of rotatable bonds is 7. The Morgan fingerprint density at radius 1 is 1.09 bits per heavy atom. The molecule has 0 spiro atoms. The number of aryl methyl sites for hydroxylation is 1. The van der Waals surface area contributed by atoms with Crippen molar-refractivity contribution in [3.63, 3.8) is 0 Å². The van der Waals surface area contributed by atoms with E-state index >= 15 is 0 Å². The fraction of sp³-hybridized carbons (Fsp3) is 0.429. The first-order valence-corrected chi connectivity index (χ1v) is 11.6. The number of ether oxygens (including phenoxy) is 1. The van der Waals surface area contributed by atoms with Gasteiger partial charge in [0.1, 0.15) is 11.5 Å². The van der Waals surface area contributed by atoms with Crippen molar-refractivity contribution < 1.29 is 19.4 Å². The summed E-state index contributed by atoms with van der Waals surface area (Å²) in [4.78, 5) is 30.0. The second-order valence-electron chi connectivity index (χ2n) is 10.2. The van der Waals surface area contributed by atoms with Crippen LogP contribution in [0.25, 0.3) is 5.76 Å². The van der Waals surface area contributed by atoms with Crippen LogP contribution in [0.3, 0.4) is 0 Å². The van der Waals surface area contributed by atoms with Gasteiger partial charge in [-0.1, -0.05) is 45.0 Å². The maximum Gasteiger partial charge on any atom is 0.295 e. The van der Waals surface area contributed by atoms with Crippen LogP contribution in [-0.2, 0) is 15.0 Å². The van der Waals surface area contributed by atoms with Gasteiger partial charge >= 0.3 is 0 Å². The molecule has 2 aromatic carbocycles. The SMILES string of the molecule is COc1ccc(C(O)=C2C(=O)C(=O)N(CCCN(C)C)[C@@H]2c2ccc(C(C)(C)C)cc2)c(C)c1. The Morgan fingerprint density at radius 3 is 2.26 bits per heavy atom. The van der Waals surface area contributed by atoms with Gasteiger partial charge in [0.25, 0.3) is 11.7 Å². The lowest BCUT2D eigenvalue weighted by molar-refractivity contribution is -0.139. The van der Waals surface area contributed by atoms with Crippen molar-refractivity contribution in [2.45, 2.75) is 45.6 Å². The van der Waals surface area contributed by atoms with Crippen LogP contribution < -0.4 is 4.74 Å². The normalized spacial score (nSPS) is 18.1. The van der Waals surface area contributed by atoms with Gasteiger partial charge in [0.2, 0.25) is 0 Å². The van der Waals surface area contributed by atoms with E-state index in [-0.39, 0.29) is 16.7 Å². The van der Waals surface area contributed by atoms with E-state index in [1.54, 1.807) is 30.2 Å². The molecule has 34 heavy (non-hydrogen) atoms. The molecule has 2 aromatic rings. The molecule has 1 fully saturated rings. The minimum atomic E-state index is -0.650. The standard InChI is InChI=1S/C28H36N2O4/c1-18-17-21(34-7)13-14-22(18)25(31)23-24(19-9-11-20(12-10-19)28(2,3)4)30(27(33)26(23)32)16-8-15-29(5)6/h9-14,17,24,31H,8,15-16H2,1-7H3/t24-/m1/s1. The number of hydrogen-bond donors (Lipinski definition) is 1. The number of aliphatic hydroxyl groups excluding tert-OH is 1. The Bertz CT molecular complexity index is 1090. The highest BCUT2D eigenvalue weighted by molar-refractivity contribution is 6.46. The molecule has 1 atom stereocenters. The molecule has 0 radical (unpaired) electrons. The molecule has 1 heterocycles. The van der Waals surface area contributed by atoms with E-state index in [2.05, 4.69) is 20.8 Å². The minimum absolute atomic E-state index is 0.0216. The van der Waals surface area contributed by atoms with Crippen LogP contribution in [0.15, 0.2) is 48.0 Å². The molecule has 6 heteroatoms. The quantitative estimate of drug-likeness (QED) is 0.366. The highest BCUT2D eigenvalue weighted by atomic mass is 16.5. The van der Waals surface area contributed by atoms with E-state index in [0.29, 0.717) is 17.9 Å². The number of ketones is 1. The molecular formula is C28H36N2O4. The summed E-state index contributed by atoms with van der Waals surface area (Å²) in [6.45, 7) is 9.48. The zero-order valence-electron chi connectivity index (χ0n) is 21.3. The fourth-order valence-electron chi connectivity index (χ4n) is 4.35. The zero-order chi connectivity index (χ0) is 25.2. The largest absolute Gasteiger partial charge is 0.507 e. The third-order valence-electron chi connectivity index (χ3n) is 6.33. The molecule has 0 saturated carbocycles. The van der Waals surface area contributed by atoms with E-state index in [1.165, 1.54) is 0 Å². The van der Waals surface area contributed by atoms with Gasteiger partial charge in [0, 0.05) is 12.1 Å². The lowest BCUT2D eigenvalue weighted by Gasteiger charge is -2.27. The number of hydrogen-bond acceptors (Lipinski definition) is 5. The van der Waals surface area contributed by atoms with Crippen LogP contribution >= 0.6 is 0 Å². The minimum Gasteiger partial charge on any atom is -0.507 e. The number of carbonyl (C=O) groups is 2. The number of methoxy groups -OCH3 is 1. The third-order valence-corrected chi connectivity index (χ3v) is 6.33. The zero-order valence-corrected chi connectivity index (χ0v) is 21.3. The summed E-state index contributed by atoms with van der Waals surface area (Å²) in [7, 11) is 5.53. The Balaban J connectivity index is 2.13. The molecule has 1 N–H and O–H groups in total. The predicted molar refractivity (Wildman–Crippen MR) is 135 cm³/mol. The molecule has 0 unspecified atom stereocenters. The van der Waals surface area contributed by atoms with Gasteiger partial charge < -0.3 is 19.6 Å². The maximum atomic E-state index is 13.2. The van der Waals surface area contributed by atoms with Crippen molar-refractivity contribution in [1.29, 1.82) is 0 Å². The van der Waals surface area contributed by atoms with E-state index in [0.717, 1.165) is 29.7 Å². The molecular weight excluding hydrogens is 428 g/mol. The second-order valence-corrected chi connectivity index (χ2v) is 10.2. The number of likely N-dealkylation sites (tertiary alicyclic amines) is 1. The van der Waals surface area contributed by atoms with Crippen LogP contribution in [0.5, 0.6) is 5.75 Å². The second kappa shape index (κ2) is 10.0. The van der Waals surface area contributed by atoms with Crippen LogP contribution in [0.2, 0.25) is 0 Å². The maximum absolute atomic E-state index is 13.2. The predicted octanol–water partition coefficient (Wildman–Crippen LogP) is 4.67. The molecule has 6 nitrogen and oxygen atoms in total. The van der Waals surface area contributed by atoms with E-state index in [4.69, 9.17) is 4.74 Å². The number of benzene rings is 2. The molecule has 0 aliphatic carbocycles. The van der Waals surface area contributed by atoms with Gasteiger partial charge in [-0.15, -0.1) is 0 Å². The summed E-state index contributed by atoms with van der Waals surface area (Å²) in [5, 5.41) is 11.3. The van der Waals surface area contributed by atoms with Gasteiger partial charge in [-0.2, -0.15) is 0 Å². The van der Waals surface area contributed by atoms with Gasteiger partial charge in [-0.05, 0) is 74.3 Å². The van der Waals surface area contributed by atoms with Crippen molar-refractivity contribution in [2.24, 2.45) is 0 Å². The summed E-state index contributed by atoms with van der Waals surface area (Å²) in [5.41, 5.74) is 3.36. The Hall–Kier alpha value is -3.12. The Kier molecular flexibility index (Phi) is 7.51. The molecule has 1 aliphatic heterocycles. The lowest BCUT2D eigenvalue weighted by atomic mass is 9.85. The summed E-state index contributed by atoms with van der Waals surface area (Å²) in [5.74, 6) is -0.718. The number of amides is 1. The average molecular weight is 465 g/mol. The molecule has 0 bridgehead atoms. The number of aliphatic hydroxyl groups is 1.